The third-order valence-electron chi connectivity index (χ3n) is 4.30. The largest absolute Gasteiger partial charge is 0.322 e. The van der Waals surface area contributed by atoms with Gasteiger partial charge in [-0.1, -0.05) is 52.0 Å². The lowest BCUT2D eigenvalue weighted by Gasteiger charge is -2.42. The van der Waals surface area contributed by atoms with Gasteiger partial charge in [-0.05, 0) is 44.0 Å². The Bertz CT molecular complexity index is 375. The van der Waals surface area contributed by atoms with Crippen LogP contribution in [0.5, 0.6) is 0 Å². The highest BCUT2D eigenvalue weighted by Gasteiger charge is 2.32. The van der Waals surface area contributed by atoms with E-state index in [1.165, 1.54) is 11.1 Å². The maximum atomic E-state index is 6.51. The fourth-order valence-electron chi connectivity index (χ4n) is 2.73. The molecule has 0 aliphatic rings. The normalized spacial score (nSPS) is 14.2. The van der Waals surface area contributed by atoms with Gasteiger partial charge in [0.2, 0.25) is 0 Å². The molecule has 19 heavy (non-hydrogen) atoms. The Morgan fingerprint density at radius 3 is 1.79 bits per heavy atom. The average Bonchev–Trinajstić information content (AvgIpc) is 2.39. The Balaban J connectivity index is 2.95. The van der Waals surface area contributed by atoms with Gasteiger partial charge < -0.3 is 5.73 Å². The first-order valence-electron chi connectivity index (χ1n) is 7.45. The first-order chi connectivity index (χ1) is 8.84. The van der Waals surface area contributed by atoms with Gasteiger partial charge in [-0.25, -0.2) is 0 Å². The molecule has 2 N–H and O–H groups in total. The van der Waals surface area contributed by atoms with E-state index in [1.54, 1.807) is 0 Å². The minimum absolute atomic E-state index is 0.0250. The number of likely N-dealkylation sites (N-methyl/N-ethyl adjacent to an activating group) is 1. The molecule has 1 rings (SSSR count). The number of nitrogens with zero attached hydrogens (tertiary/aromatic N) is 1. The van der Waals surface area contributed by atoms with Gasteiger partial charge in [-0.2, -0.15) is 0 Å². The highest BCUT2D eigenvalue weighted by molar-refractivity contribution is 5.28. The lowest BCUT2D eigenvalue weighted by atomic mass is 9.86. The summed E-state index contributed by atoms with van der Waals surface area (Å²) in [7, 11) is 0. The smallest absolute Gasteiger partial charge is 0.0476 e. The van der Waals surface area contributed by atoms with Crippen LogP contribution >= 0.6 is 0 Å². The summed E-state index contributed by atoms with van der Waals surface area (Å²) in [5.74, 6) is 0.570. The van der Waals surface area contributed by atoms with Crippen LogP contribution in [0.15, 0.2) is 24.3 Å². The summed E-state index contributed by atoms with van der Waals surface area (Å²) >= 11 is 0. The van der Waals surface area contributed by atoms with E-state index < -0.39 is 0 Å². The second-order valence-electron chi connectivity index (χ2n) is 6.12. The maximum absolute atomic E-state index is 6.51. The van der Waals surface area contributed by atoms with E-state index in [1.807, 2.05) is 0 Å². The molecular formula is C17H30N2. The van der Waals surface area contributed by atoms with Gasteiger partial charge in [0.25, 0.3) is 0 Å². The zero-order valence-electron chi connectivity index (χ0n) is 13.4. The molecule has 108 valence electrons. The van der Waals surface area contributed by atoms with Crippen LogP contribution in [0.4, 0.5) is 0 Å². The van der Waals surface area contributed by atoms with E-state index in [2.05, 4.69) is 70.7 Å². The first-order valence-corrected chi connectivity index (χ1v) is 7.45. The van der Waals surface area contributed by atoms with Crippen molar-refractivity contribution in [2.24, 2.45) is 5.73 Å². The van der Waals surface area contributed by atoms with Crippen molar-refractivity contribution in [3.63, 3.8) is 0 Å². The standard InChI is InChI=1S/C17H30N2/c1-7-19(8-2)17(5,6)16(18)15-11-9-14(10-12-15)13(3)4/h9-13,16H,7-8,18H2,1-6H3. The van der Waals surface area contributed by atoms with Crippen LogP contribution < -0.4 is 5.73 Å². The van der Waals surface area contributed by atoms with Gasteiger partial charge in [-0.15, -0.1) is 0 Å². The van der Waals surface area contributed by atoms with Crippen molar-refractivity contribution in [2.45, 2.75) is 59.0 Å². The SMILES string of the molecule is CCN(CC)C(C)(C)C(N)c1ccc(C(C)C)cc1. The fourth-order valence-corrected chi connectivity index (χ4v) is 2.73. The maximum Gasteiger partial charge on any atom is 0.0476 e. The summed E-state index contributed by atoms with van der Waals surface area (Å²) in [5.41, 5.74) is 9.08. The molecular weight excluding hydrogens is 232 g/mol. The second-order valence-corrected chi connectivity index (χ2v) is 6.12. The Kier molecular flexibility index (Phi) is 5.57. The van der Waals surface area contributed by atoms with Crippen LogP contribution in [0, 0.1) is 0 Å². The summed E-state index contributed by atoms with van der Waals surface area (Å²) in [6.45, 7) is 15.4. The van der Waals surface area contributed by atoms with Crippen LogP contribution in [0.3, 0.4) is 0 Å². The second kappa shape index (κ2) is 6.53. The van der Waals surface area contributed by atoms with Crippen molar-refractivity contribution in [2.75, 3.05) is 13.1 Å². The van der Waals surface area contributed by atoms with Crippen molar-refractivity contribution < 1.29 is 0 Å². The Morgan fingerprint density at radius 2 is 1.42 bits per heavy atom. The minimum Gasteiger partial charge on any atom is -0.322 e. The van der Waals surface area contributed by atoms with E-state index in [0.29, 0.717) is 5.92 Å². The van der Waals surface area contributed by atoms with Gasteiger partial charge in [0.1, 0.15) is 0 Å². The van der Waals surface area contributed by atoms with Gasteiger partial charge in [0, 0.05) is 11.6 Å². The van der Waals surface area contributed by atoms with E-state index >= 15 is 0 Å². The molecule has 2 heteroatoms. The van der Waals surface area contributed by atoms with Gasteiger partial charge in [0.05, 0.1) is 0 Å². The summed E-state index contributed by atoms with van der Waals surface area (Å²) in [4.78, 5) is 2.42. The molecule has 0 bridgehead atoms. The molecule has 0 heterocycles. The minimum atomic E-state index is -0.0250. The quantitative estimate of drug-likeness (QED) is 0.841. The van der Waals surface area contributed by atoms with Gasteiger partial charge in [-0.3, -0.25) is 4.90 Å². The predicted octanol–water partition coefficient (Wildman–Crippen LogP) is 3.93. The Labute approximate surface area is 119 Å². The summed E-state index contributed by atoms with van der Waals surface area (Å²) < 4.78 is 0. The lowest BCUT2D eigenvalue weighted by molar-refractivity contribution is 0.107. The molecule has 1 atom stereocenters. The summed E-state index contributed by atoms with van der Waals surface area (Å²) in [6, 6.07) is 8.82. The molecule has 0 aliphatic carbocycles. The van der Waals surface area contributed by atoms with Crippen LogP contribution in [0.1, 0.15) is 64.6 Å². The summed E-state index contributed by atoms with van der Waals surface area (Å²) in [5, 5.41) is 0. The lowest BCUT2D eigenvalue weighted by Crippen LogP contribution is -2.51. The predicted molar refractivity (Wildman–Crippen MR) is 84.5 cm³/mol. The van der Waals surface area contributed by atoms with Crippen molar-refractivity contribution in [3.05, 3.63) is 35.4 Å². The topological polar surface area (TPSA) is 29.3 Å². The molecule has 0 amide bonds. The molecule has 1 unspecified atom stereocenters. The van der Waals surface area contributed by atoms with E-state index in [-0.39, 0.29) is 11.6 Å². The van der Waals surface area contributed by atoms with Crippen molar-refractivity contribution in [3.8, 4) is 0 Å². The molecule has 0 radical (unpaired) electrons. The van der Waals surface area contributed by atoms with Crippen LogP contribution in [0.2, 0.25) is 0 Å². The van der Waals surface area contributed by atoms with Crippen molar-refractivity contribution in [1.82, 2.24) is 4.90 Å². The molecule has 0 aliphatic heterocycles. The molecule has 2 nitrogen and oxygen atoms in total. The molecule has 1 aromatic carbocycles. The molecule has 0 fully saturated rings. The van der Waals surface area contributed by atoms with E-state index in [9.17, 15) is 0 Å². The van der Waals surface area contributed by atoms with Crippen LogP contribution in [-0.4, -0.2) is 23.5 Å². The monoisotopic (exact) mass is 262 g/mol. The molecule has 0 saturated carbocycles. The number of hydrogen-bond donors (Lipinski definition) is 1. The van der Waals surface area contributed by atoms with Gasteiger partial charge in [0.15, 0.2) is 0 Å². The van der Waals surface area contributed by atoms with Gasteiger partial charge >= 0.3 is 0 Å². The van der Waals surface area contributed by atoms with Crippen molar-refractivity contribution in [1.29, 1.82) is 0 Å². The average molecular weight is 262 g/mol. The zero-order valence-corrected chi connectivity index (χ0v) is 13.4. The number of nitrogens with two attached hydrogens (primary N) is 1. The number of benzene rings is 1. The molecule has 1 aromatic rings. The number of rotatable bonds is 6. The fraction of sp³-hybridized carbons (Fsp3) is 0.647. The zero-order chi connectivity index (χ0) is 14.6. The third-order valence-corrected chi connectivity index (χ3v) is 4.30. The highest BCUT2D eigenvalue weighted by Crippen LogP contribution is 2.29. The molecule has 0 spiro atoms. The Morgan fingerprint density at radius 1 is 1.00 bits per heavy atom. The first kappa shape index (κ1) is 16.2. The Hall–Kier alpha value is -0.860. The van der Waals surface area contributed by atoms with Crippen LogP contribution in [0.25, 0.3) is 0 Å². The molecule has 0 aromatic heterocycles. The third kappa shape index (κ3) is 3.58. The number of hydrogen-bond acceptors (Lipinski definition) is 2. The highest BCUT2D eigenvalue weighted by atomic mass is 15.2. The van der Waals surface area contributed by atoms with E-state index in [0.717, 1.165) is 13.1 Å². The van der Waals surface area contributed by atoms with Crippen molar-refractivity contribution >= 4 is 0 Å². The van der Waals surface area contributed by atoms with E-state index in [4.69, 9.17) is 5.73 Å². The molecule has 0 saturated heterocycles. The van der Waals surface area contributed by atoms with Crippen LogP contribution in [-0.2, 0) is 0 Å². The summed E-state index contributed by atoms with van der Waals surface area (Å²) in [6.07, 6.45) is 0.